The normalized spacial score (nSPS) is 18.5. The average molecular weight is 330 g/mol. The molecule has 0 radical (unpaired) electrons. The van der Waals surface area contributed by atoms with Crippen molar-refractivity contribution in [3.8, 4) is 6.07 Å². The molecular weight excluding hydrogens is 312 g/mol. The number of thiophene rings is 1. The molecule has 8 heteroatoms. The fourth-order valence-corrected chi connectivity index (χ4v) is 3.65. The number of rotatable bonds is 5. The molecule has 2 aromatic heterocycles. The minimum Gasteiger partial charge on any atom is -0.315 e. The van der Waals surface area contributed by atoms with E-state index in [-0.39, 0.29) is 5.91 Å². The molecule has 1 fully saturated rings. The van der Waals surface area contributed by atoms with Crippen LogP contribution in [0.25, 0.3) is 0 Å². The fraction of sp³-hybridized carbons (Fsp3) is 0.467. The Hall–Kier alpha value is -2.24. The lowest BCUT2D eigenvalue weighted by molar-refractivity contribution is -0.117. The predicted octanol–water partition coefficient (Wildman–Crippen LogP) is 1.56. The summed E-state index contributed by atoms with van der Waals surface area (Å²) in [5.41, 5.74) is 0.519. The summed E-state index contributed by atoms with van der Waals surface area (Å²) in [5, 5.41) is 18.4. The largest absolute Gasteiger partial charge is 0.315 e. The summed E-state index contributed by atoms with van der Waals surface area (Å²) in [4.78, 5) is 18.3. The summed E-state index contributed by atoms with van der Waals surface area (Å²) in [6.07, 6.45) is 5.49. The molecule has 0 bridgehead atoms. The second kappa shape index (κ2) is 7.35. The molecule has 1 atom stereocenters. The van der Waals surface area contributed by atoms with Crippen LogP contribution in [-0.4, -0.2) is 45.2 Å². The van der Waals surface area contributed by atoms with Crippen LogP contribution in [0.4, 0.5) is 5.00 Å². The molecule has 3 heterocycles. The van der Waals surface area contributed by atoms with Gasteiger partial charge in [-0.1, -0.05) is 0 Å². The Morgan fingerprint density at radius 1 is 1.57 bits per heavy atom. The monoisotopic (exact) mass is 330 g/mol. The summed E-state index contributed by atoms with van der Waals surface area (Å²) in [6, 6.07) is 3.80. The molecule has 2 aromatic rings. The van der Waals surface area contributed by atoms with Gasteiger partial charge in [0.05, 0.1) is 12.1 Å². The van der Waals surface area contributed by atoms with Crippen LogP contribution in [0.2, 0.25) is 0 Å². The number of carbonyl (C=O) groups excluding carboxylic acids is 1. The van der Waals surface area contributed by atoms with Gasteiger partial charge in [-0.25, -0.2) is 4.98 Å². The number of nitriles is 1. The first-order valence-corrected chi connectivity index (χ1v) is 8.45. The Morgan fingerprint density at radius 2 is 2.48 bits per heavy atom. The Bertz CT molecular complexity index is 689. The Labute approximate surface area is 138 Å². The van der Waals surface area contributed by atoms with Crippen molar-refractivity contribution in [1.82, 2.24) is 19.7 Å². The highest BCUT2D eigenvalue weighted by Crippen LogP contribution is 2.22. The number of carbonyl (C=O) groups is 1. The van der Waals surface area contributed by atoms with Crippen LogP contribution in [-0.2, 0) is 11.3 Å². The van der Waals surface area contributed by atoms with Gasteiger partial charge >= 0.3 is 0 Å². The molecule has 1 unspecified atom stereocenters. The number of amides is 1. The van der Waals surface area contributed by atoms with Crippen LogP contribution in [0, 0.1) is 17.2 Å². The molecule has 120 valence electrons. The molecule has 0 aromatic carbocycles. The summed E-state index contributed by atoms with van der Waals surface area (Å²) < 4.78 is 1.85. The van der Waals surface area contributed by atoms with Crippen LogP contribution in [0.3, 0.4) is 0 Å². The van der Waals surface area contributed by atoms with Crippen molar-refractivity contribution in [2.75, 3.05) is 25.0 Å². The smallest absolute Gasteiger partial charge is 0.239 e. The number of aromatic nitrogens is 3. The third-order valence-corrected chi connectivity index (χ3v) is 4.75. The summed E-state index contributed by atoms with van der Waals surface area (Å²) in [7, 11) is 0. The maximum Gasteiger partial charge on any atom is 0.239 e. The van der Waals surface area contributed by atoms with E-state index in [9.17, 15) is 4.79 Å². The van der Waals surface area contributed by atoms with Gasteiger partial charge in [0, 0.05) is 13.1 Å². The van der Waals surface area contributed by atoms with E-state index in [1.165, 1.54) is 11.3 Å². The quantitative estimate of drug-likeness (QED) is 0.899. The molecule has 3 rings (SSSR count). The molecule has 7 nitrogen and oxygen atoms in total. The number of anilines is 1. The molecule has 1 saturated heterocycles. The van der Waals surface area contributed by atoms with Crippen LogP contribution >= 0.6 is 11.3 Å². The van der Waals surface area contributed by atoms with Crippen molar-refractivity contribution in [3.63, 3.8) is 0 Å². The third-order valence-electron chi connectivity index (χ3n) is 3.92. The van der Waals surface area contributed by atoms with Gasteiger partial charge in [0.25, 0.3) is 0 Å². The highest BCUT2D eigenvalue weighted by molar-refractivity contribution is 7.14. The Kier molecular flexibility index (Phi) is 5.00. The zero-order valence-corrected chi connectivity index (χ0v) is 13.5. The van der Waals surface area contributed by atoms with Gasteiger partial charge < -0.3 is 5.32 Å². The van der Waals surface area contributed by atoms with Gasteiger partial charge in [0.1, 0.15) is 23.7 Å². The van der Waals surface area contributed by atoms with Crippen LogP contribution in [0.1, 0.15) is 18.4 Å². The average Bonchev–Trinajstić information content (AvgIpc) is 3.19. The van der Waals surface area contributed by atoms with Gasteiger partial charge in [0.15, 0.2) is 0 Å². The van der Waals surface area contributed by atoms with Gasteiger partial charge in [-0.2, -0.15) is 10.4 Å². The fourth-order valence-electron chi connectivity index (χ4n) is 2.90. The number of piperidine rings is 1. The maximum atomic E-state index is 12.2. The number of hydrogen-bond acceptors (Lipinski definition) is 6. The van der Waals surface area contributed by atoms with Crippen LogP contribution in [0.15, 0.2) is 24.1 Å². The van der Waals surface area contributed by atoms with E-state index in [4.69, 9.17) is 5.26 Å². The van der Waals surface area contributed by atoms with E-state index < -0.39 is 0 Å². The maximum absolute atomic E-state index is 12.2. The minimum absolute atomic E-state index is 0.0645. The molecule has 0 aliphatic carbocycles. The van der Waals surface area contributed by atoms with Gasteiger partial charge in [-0.15, -0.1) is 11.3 Å². The number of nitrogens with one attached hydrogen (secondary N) is 1. The lowest BCUT2D eigenvalue weighted by atomic mass is 9.98. The molecule has 23 heavy (non-hydrogen) atoms. The highest BCUT2D eigenvalue weighted by Gasteiger charge is 2.22. The van der Waals surface area contributed by atoms with Gasteiger partial charge in [-0.3, -0.25) is 14.4 Å². The second-order valence-corrected chi connectivity index (χ2v) is 6.60. The van der Waals surface area contributed by atoms with Crippen molar-refractivity contribution < 1.29 is 4.79 Å². The van der Waals surface area contributed by atoms with Crippen LogP contribution in [0.5, 0.6) is 0 Å². The Balaban J connectivity index is 1.51. The van der Waals surface area contributed by atoms with Crippen molar-refractivity contribution in [1.29, 1.82) is 5.26 Å². The molecular formula is C15H18N6OS. The Morgan fingerprint density at radius 3 is 3.26 bits per heavy atom. The molecule has 1 amide bonds. The zero-order chi connectivity index (χ0) is 16.1. The van der Waals surface area contributed by atoms with Gasteiger partial charge in [-0.05, 0) is 36.8 Å². The zero-order valence-electron chi connectivity index (χ0n) is 12.7. The van der Waals surface area contributed by atoms with Crippen molar-refractivity contribution in [2.45, 2.75) is 19.4 Å². The summed E-state index contributed by atoms with van der Waals surface area (Å²) in [6.45, 7) is 3.00. The van der Waals surface area contributed by atoms with E-state index in [0.717, 1.165) is 32.5 Å². The molecule has 1 aliphatic rings. The summed E-state index contributed by atoms with van der Waals surface area (Å²) in [5.74, 6) is 0.417. The first-order valence-electron chi connectivity index (χ1n) is 7.57. The predicted molar refractivity (Wildman–Crippen MR) is 86.8 cm³/mol. The second-order valence-electron chi connectivity index (χ2n) is 5.68. The molecule has 1 N–H and O–H groups in total. The minimum atomic E-state index is -0.0645. The van der Waals surface area contributed by atoms with Crippen molar-refractivity contribution >= 4 is 22.2 Å². The van der Waals surface area contributed by atoms with Crippen LogP contribution < -0.4 is 5.32 Å². The van der Waals surface area contributed by atoms with E-state index in [2.05, 4.69) is 26.4 Å². The van der Waals surface area contributed by atoms with Gasteiger partial charge in [0.2, 0.25) is 5.91 Å². The first kappa shape index (κ1) is 15.6. The standard InChI is InChI=1S/C15H18N6OS/c16-6-13-3-5-23-15(13)19-14(22)9-20-4-1-2-12(7-20)8-21-11-17-10-18-21/h3,5,10-12H,1-2,4,7-9H2,(H,19,22). The SMILES string of the molecule is N#Cc1ccsc1NC(=O)CN1CCCC(Cn2cncn2)C1. The third kappa shape index (κ3) is 4.15. The topological polar surface area (TPSA) is 86.8 Å². The van der Waals surface area contributed by atoms with E-state index in [0.29, 0.717) is 23.0 Å². The van der Waals surface area contributed by atoms with Crippen molar-refractivity contribution in [2.24, 2.45) is 5.92 Å². The van der Waals surface area contributed by atoms with E-state index in [1.54, 1.807) is 18.7 Å². The number of nitrogens with zero attached hydrogens (tertiary/aromatic N) is 5. The molecule has 0 spiro atoms. The molecule has 0 saturated carbocycles. The number of hydrogen-bond donors (Lipinski definition) is 1. The highest BCUT2D eigenvalue weighted by atomic mass is 32.1. The van der Waals surface area contributed by atoms with E-state index >= 15 is 0 Å². The lowest BCUT2D eigenvalue weighted by Crippen LogP contribution is -2.41. The summed E-state index contributed by atoms with van der Waals surface area (Å²) >= 11 is 1.38. The lowest BCUT2D eigenvalue weighted by Gasteiger charge is -2.32. The molecule has 1 aliphatic heterocycles. The number of likely N-dealkylation sites (tertiary alicyclic amines) is 1. The van der Waals surface area contributed by atoms with Crippen molar-refractivity contribution in [3.05, 3.63) is 29.7 Å². The first-order chi connectivity index (χ1) is 11.2. The van der Waals surface area contributed by atoms with E-state index in [1.807, 2.05) is 10.1 Å².